The number of hydrogen-bond donors (Lipinski definition) is 3. The molecule has 0 radical (unpaired) electrons. The molecule has 0 saturated carbocycles. The minimum absolute atomic E-state index is 0.295. The molecule has 38 heavy (non-hydrogen) atoms. The van der Waals surface area contributed by atoms with Gasteiger partial charge in [0, 0.05) is 42.8 Å². The molecular weight excluding hydrogens is 546 g/mol. The molecule has 4 rings (SSSR count). The van der Waals surface area contributed by atoms with E-state index in [4.69, 9.17) is 4.74 Å². The van der Waals surface area contributed by atoms with E-state index in [0.717, 1.165) is 62.6 Å². The first-order valence-electron chi connectivity index (χ1n) is 12.6. The third-order valence-electron chi connectivity index (χ3n) is 6.19. The van der Waals surface area contributed by atoms with Gasteiger partial charge in [-0.3, -0.25) is 14.5 Å². The van der Waals surface area contributed by atoms with Gasteiger partial charge in [0.05, 0.1) is 30.7 Å². The van der Waals surface area contributed by atoms with Crippen molar-refractivity contribution < 1.29 is 14.3 Å². The summed E-state index contributed by atoms with van der Waals surface area (Å²) in [6, 6.07) is 20.3. The highest BCUT2D eigenvalue weighted by Crippen LogP contribution is 2.22. The van der Waals surface area contributed by atoms with E-state index in [-0.39, 0.29) is 5.91 Å². The molecule has 0 spiro atoms. The predicted molar refractivity (Wildman–Crippen MR) is 154 cm³/mol. The van der Waals surface area contributed by atoms with Crippen LogP contribution in [0.25, 0.3) is 0 Å². The molecule has 1 aliphatic heterocycles. The third kappa shape index (κ3) is 8.32. The zero-order chi connectivity index (χ0) is 26.7. The highest BCUT2D eigenvalue weighted by Gasteiger charge is 2.15. The number of nitrogens with zero attached hydrogens (tertiary/aromatic N) is 2. The Morgan fingerprint density at radius 2 is 1.74 bits per heavy atom. The quantitative estimate of drug-likeness (QED) is 0.191. The third-order valence-corrected chi connectivity index (χ3v) is 6.68. The largest absolute Gasteiger partial charge is 0.379 e. The molecule has 1 aliphatic rings. The van der Waals surface area contributed by atoms with Crippen LogP contribution < -0.4 is 16.1 Å². The van der Waals surface area contributed by atoms with Crippen LogP contribution in [0.2, 0.25) is 0 Å². The normalized spacial score (nSPS) is 13.9. The van der Waals surface area contributed by atoms with Crippen molar-refractivity contribution in [2.45, 2.75) is 13.5 Å². The van der Waals surface area contributed by atoms with E-state index in [1.165, 1.54) is 0 Å². The summed E-state index contributed by atoms with van der Waals surface area (Å²) in [5, 5.41) is 10.4. The molecule has 0 aromatic heterocycles. The van der Waals surface area contributed by atoms with Crippen molar-refractivity contribution in [1.82, 2.24) is 15.6 Å². The van der Waals surface area contributed by atoms with Crippen molar-refractivity contribution in [3.8, 4) is 0 Å². The van der Waals surface area contributed by atoms with Crippen molar-refractivity contribution in [1.29, 1.82) is 0 Å². The number of benzene rings is 3. The van der Waals surface area contributed by atoms with Gasteiger partial charge < -0.3 is 15.4 Å². The average Bonchev–Trinajstić information content (AvgIpc) is 2.94. The van der Waals surface area contributed by atoms with E-state index in [2.05, 4.69) is 42.0 Å². The lowest BCUT2D eigenvalue weighted by Gasteiger charge is -2.26. The number of morpholine rings is 1. The number of amides is 2. The minimum Gasteiger partial charge on any atom is -0.379 e. The summed E-state index contributed by atoms with van der Waals surface area (Å²) in [7, 11) is 0. The van der Waals surface area contributed by atoms with Gasteiger partial charge in [-0.05, 0) is 48.4 Å². The molecule has 2 amide bonds. The van der Waals surface area contributed by atoms with Gasteiger partial charge in [0.25, 0.3) is 11.8 Å². The van der Waals surface area contributed by atoms with Crippen molar-refractivity contribution >= 4 is 39.6 Å². The number of hydrazone groups is 1. The molecule has 198 valence electrons. The fourth-order valence-corrected chi connectivity index (χ4v) is 4.32. The van der Waals surface area contributed by atoms with Crippen molar-refractivity contribution in [3.05, 3.63) is 99.0 Å². The van der Waals surface area contributed by atoms with Crippen LogP contribution in [0.5, 0.6) is 0 Å². The Labute approximate surface area is 231 Å². The van der Waals surface area contributed by atoms with Crippen LogP contribution in [0.4, 0.5) is 5.69 Å². The summed E-state index contributed by atoms with van der Waals surface area (Å²) in [6.07, 6.45) is 1.58. The van der Waals surface area contributed by atoms with E-state index >= 15 is 0 Å². The number of carbonyl (C=O) groups excluding carboxylic acids is 2. The smallest absolute Gasteiger partial charge is 0.273 e. The number of hydrogen-bond acceptors (Lipinski definition) is 6. The zero-order valence-electron chi connectivity index (χ0n) is 21.4. The lowest BCUT2D eigenvalue weighted by molar-refractivity contribution is 0.0384. The van der Waals surface area contributed by atoms with Crippen molar-refractivity contribution in [3.63, 3.8) is 0 Å². The molecule has 8 nitrogen and oxygen atoms in total. The van der Waals surface area contributed by atoms with Gasteiger partial charge in [0.1, 0.15) is 0 Å². The van der Waals surface area contributed by atoms with Gasteiger partial charge in [-0.1, -0.05) is 57.9 Å². The average molecular weight is 579 g/mol. The number of anilines is 1. The fourth-order valence-electron chi connectivity index (χ4n) is 3.95. The highest BCUT2D eigenvalue weighted by molar-refractivity contribution is 9.10. The summed E-state index contributed by atoms with van der Waals surface area (Å²) in [5.41, 5.74) is 6.86. The number of halogens is 1. The number of ether oxygens (including phenoxy) is 1. The Morgan fingerprint density at radius 3 is 2.47 bits per heavy atom. The molecule has 1 fully saturated rings. The van der Waals surface area contributed by atoms with Crippen molar-refractivity contribution in [2.75, 3.05) is 44.7 Å². The summed E-state index contributed by atoms with van der Waals surface area (Å²) in [4.78, 5) is 28.2. The van der Waals surface area contributed by atoms with Gasteiger partial charge in [-0.15, -0.1) is 0 Å². The van der Waals surface area contributed by atoms with Gasteiger partial charge in [0.15, 0.2) is 0 Å². The van der Waals surface area contributed by atoms with Crippen LogP contribution in [-0.4, -0.2) is 62.3 Å². The Kier molecular flexibility index (Phi) is 10.2. The Hall–Kier alpha value is -3.37. The SMILES string of the molecule is Cc1ccc(C=NNC(=O)c2cc(Br)ccc2NC(=O)c2ccc(CNCCN3CCOCC3)cc2)cc1. The number of carbonyl (C=O) groups is 2. The molecule has 3 aromatic carbocycles. The Morgan fingerprint density at radius 1 is 1.00 bits per heavy atom. The maximum atomic E-state index is 12.9. The molecule has 3 aromatic rings. The second kappa shape index (κ2) is 14.0. The maximum absolute atomic E-state index is 12.9. The molecule has 0 bridgehead atoms. The summed E-state index contributed by atoms with van der Waals surface area (Å²) in [6.45, 7) is 8.19. The monoisotopic (exact) mass is 577 g/mol. The van der Waals surface area contributed by atoms with E-state index in [1.807, 2.05) is 43.3 Å². The molecule has 0 unspecified atom stereocenters. The fraction of sp³-hybridized carbons (Fsp3) is 0.276. The molecule has 0 aliphatic carbocycles. The van der Waals surface area contributed by atoms with Crippen LogP contribution in [-0.2, 0) is 11.3 Å². The molecule has 9 heteroatoms. The van der Waals surface area contributed by atoms with Gasteiger partial charge >= 0.3 is 0 Å². The minimum atomic E-state index is -0.427. The molecule has 1 saturated heterocycles. The van der Waals surface area contributed by atoms with Crippen LogP contribution in [0, 0.1) is 6.92 Å². The number of aryl methyl sites for hydroxylation is 1. The highest BCUT2D eigenvalue weighted by atomic mass is 79.9. The summed E-state index contributed by atoms with van der Waals surface area (Å²) < 4.78 is 6.09. The second-order valence-corrected chi connectivity index (χ2v) is 10.00. The van der Waals surface area contributed by atoms with Crippen LogP contribution in [0.1, 0.15) is 37.4 Å². The molecule has 1 heterocycles. The van der Waals surface area contributed by atoms with Crippen molar-refractivity contribution in [2.24, 2.45) is 5.10 Å². The summed E-state index contributed by atoms with van der Waals surface area (Å²) in [5.74, 6) is -0.722. The maximum Gasteiger partial charge on any atom is 0.273 e. The van der Waals surface area contributed by atoms with Crippen LogP contribution in [0.3, 0.4) is 0 Å². The van der Waals surface area contributed by atoms with Crippen LogP contribution in [0.15, 0.2) is 76.3 Å². The first-order chi connectivity index (χ1) is 18.5. The zero-order valence-corrected chi connectivity index (χ0v) is 23.0. The van der Waals surface area contributed by atoms with Crippen LogP contribution >= 0.6 is 15.9 Å². The molecular formula is C29H32BrN5O3. The van der Waals surface area contributed by atoms with E-state index < -0.39 is 5.91 Å². The number of nitrogens with one attached hydrogen (secondary N) is 3. The van der Waals surface area contributed by atoms with E-state index in [1.54, 1.807) is 36.5 Å². The predicted octanol–water partition coefficient (Wildman–Crippen LogP) is 4.20. The Balaban J connectivity index is 1.31. The number of rotatable bonds is 10. The van der Waals surface area contributed by atoms with Gasteiger partial charge in [-0.2, -0.15) is 5.10 Å². The second-order valence-electron chi connectivity index (χ2n) is 9.08. The lowest BCUT2D eigenvalue weighted by atomic mass is 10.1. The Bertz CT molecular complexity index is 1260. The van der Waals surface area contributed by atoms with E-state index in [9.17, 15) is 9.59 Å². The van der Waals surface area contributed by atoms with Gasteiger partial charge in [0.2, 0.25) is 0 Å². The topological polar surface area (TPSA) is 95.1 Å². The van der Waals surface area contributed by atoms with Gasteiger partial charge in [-0.25, -0.2) is 5.43 Å². The molecule has 3 N–H and O–H groups in total. The van der Waals surface area contributed by atoms with E-state index in [0.29, 0.717) is 21.3 Å². The first-order valence-corrected chi connectivity index (χ1v) is 13.4. The standard InChI is InChI=1S/C29H32BrN5O3/c1-21-2-4-23(5-3-21)20-32-34-29(37)26-18-25(30)10-11-27(26)33-28(36)24-8-6-22(7-9-24)19-31-12-13-35-14-16-38-17-15-35/h2-11,18,20,31H,12-17,19H2,1H3,(H,33,36)(H,34,37). The first kappa shape index (κ1) is 27.7. The lowest BCUT2D eigenvalue weighted by Crippen LogP contribution is -2.40. The summed E-state index contributed by atoms with van der Waals surface area (Å²) >= 11 is 3.40. The molecule has 0 atom stereocenters.